The maximum absolute atomic E-state index is 6.25. The minimum Gasteiger partial charge on any atom is -0.310 e. The first-order valence-corrected chi connectivity index (χ1v) is 7.66. The fraction of sp³-hybridized carbons (Fsp3) is 0.294. The molecule has 1 nitrogen and oxygen atoms in total. The van der Waals surface area contributed by atoms with Gasteiger partial charge >= 0.3 is 0 Å². The van der Waals surface area contributed by atoms with Gasteiger partial charge in [-0.05, 0) is 37.1 Å². The molecule has 0 fully saturated rings. The Kier molecular flexibility index (Phi) is 5.47. The molecule has 1 N–H and O–H groups in total. The minimum atomic E-state index is 0.360. The van der Waals surface area contributed by atoms with Crippen molar-refractivity contribution in [2.75, 3.05) is 6.54 Å². The van der Waals surface area contributed by atoms with Gasteiger partial charge < -0.3 is 5.32 Å². The molecule has 0 saturated carbocycles. The quantitative estimate of drug-likeness (QED) is 0.744. The molecule has 2 aromatic rings. The molecular formula is C17H19Cl2N. The van der Waals surface area contributed by atoms with Crippen LogP contribution in [-0.4, -0.2) is 6.54 Å². The van der Waals surface area contributed by atoms with Gasteiger partial charge in [-0.15, -0.1) is 0 Å². The lowest BCUT2D eigenvalue weighted by atomic mass is 10.0. The number of hydrogen-bond donors (Lipinski definition) is 1. The van der Waals surface area contributed by atoms with Gasteiger partial charge in [-0.2, -0.15) is 0 Å². The summed E-state index contributed by atoms with van der Waals surface area (Å²) in [5, 5.41) is 4.68. The Bertz CT molecular complexity index is 564. The molecule has 0 aromatic heterocycles. The van der Waals surface area contributed by atoms with E-state index in [1.54, 1.807) is 6.07 Å². The molecule has 20 heavy (non-hydrogen) atoms. The highest BCUT2D eigenvalue weighted by atomic mass is 35.5. The van der Waals surface area contributed by atoms with Gasteiger partial charge in [-0.25, -0.2) is 0 Å². The van der Waals surface area contributed by atoms with E-state index in [0.29, 0.717) is 16.1 Å². The largest absolute Gasteiger partial charge is 0.310 e. The van der Waals surface area contributed by atoms with E-state index in [-0.39, 0.29) is 0 Å². The number of nitrogens with one attached hydrogen (secondary N) is 1. The van der Waals surface area contributed by atoms with Crippen LogP contribution in [0, 0.1) is 0 Å². The normalized spacial score (nSPS) is 12.4. The van der Waals surface area contributed by atoms with Gasteiger partial charge in [-0.1, -0.05) is 66.5 Å². The van der Waals surface area contributed by atoms with E-state index in [9.17, 15) is 0 Å². The maximum Gasteiger partial charge on any atom is 0.0670 e. The van der Waals surface area contributed by atoms with Gasteiger partial charge in [0.05, 0.1) is 10.0 Å². The molecule has 0 saturated heterocycles. The van der Waals surface area contributed by atoms with Crippen molar-refractivity contribution in [2.45, 2.75) is 26.3 Å². The molecule has 0 heterocycles. The van der Waals surface area contributed by atoms with Gasteiger partial charge in [0.25, 0.3) is 0 Å². The molecule has 0 spiro atoms. The summed E-state index contributed by atoms with van der Waals surface area (Å²) in [4.78, 5) is 0. The van der Waals surface area contributed by atoms with Gasteiger partial charge in [0.1, 0.15) is 0 Å². The summed E-state index contributed by atoms with van der Waals surface area (Å²) in [5.41, 5.74) is 3.34. The van der Waals surface area contributed by atoms with Crippen LogP contribution in [0.4, 0.5) is 0 Å². The SMILES string of the molecule is CCCNC(C)c1ccc(-c2cccc(Cl)c2Cl)cc1. The van der Waals surface area contributed by atoms with Crippen LogP contribution in [0.2, 0.25) is 10.0 Å². The molecule has 0 bridgehead atoms. The van der Waals surface area contributed by atoms with Crippen molar-refractivity contribution in [3.05, 3.63) is 58.1 Å². The highest BCUT2D eigenvalue weighted by Crippen LogP contribution is 2.33. The third-order valence-electron chi connectivity index (χ3n) is 3.37. The highest BCUT2D eigenvalue weighted by molar-refractivity contribution is 6.43. The zero-order valence-corrected chi connectivity index (χ0v) is 13.3. The van der Waals surface area contributed by atoms with Gasteiger partial charge in [0, 0.05) is 11.6 Å². The standard InChI is InChI=1S/C17H19Cl2N/c1-3-11-20-12(2)13-7-9-14(10-8-13)15-5-4-6-16(18)17(15)19/h4-10,12,20H,3,11H2,1-2H3. The molecule has 0 aliphatic heterocycles. The Morgan fingerprint density at radius 3 is 2.40 bits per heavy atom. The molecule has 3 heteroatoms. The first kappa shape index (κ1) is 15.4. The van der Waals surface area contributed by atoms with Crippen LogP contribution >= 0.6 is 23.2 Å². The van der Waals surface area contributed by atoms with Crippen molar-refractivity contribution in [1.82, 2.24) is 5.32 Å². The second-order valence-electron chi connectivity index (χ2n) is 4.90. The third-order valence-corrected chi connectivity index (χ3v) is 4.19. The Morgan fingerprint density at radius 2 is 1.75 bits per heavy atom. The Labute approximate surface area is 130 Å². The van der Waals surface area contributed by atoms with Crippen LogP contribution in [0.25, 0.3) is 11.1 Å². The first-order valence-electron chi connectivity index (χ1n) is 6.91. The molecule has 0 aliphatic carbocycles. The monoisotopic (exact) mass is 307 g/mol. The van der Waals surface area contributed by atoms with Crippen molar-refractivity contribution in [3.8, 4) is 11.1 Å². The van der Waals surface area contributed by atoms with Gasteiger partial charge in [0.2, 0.25) is 0 Å². The Balaban J connectivity index is 2.22. The summed E-state index contributed by atoms with van der Waals surface area (Å²) in [5.74, 6) is 0. The number of rotatable bonds is 5. The number of hydrogen-bond acceptors (Lipinski definition) is 1. The number of halogens is 2. The zero-order valence-electron chi connectivity index (χ0n) is 11.8. The van der Waals surface area contributed by atoms with E-state index < -0.39 is 0 Å². The van der Waals surface area contributed by atoms with E-state index in [1.165, 1.54) is 5.56 Å². The number of benzene rings is 2. The lowest BCUT2D eigenvalue weighted by Crippen LogP contribution is -2.19. The van der Waals surface area contributed by atoms with Crippen LogP contribution in [0.5, 0.6) is 0 Å². The molecular weight excluding hydrogens is 289 g/mol. The molecule has 2 rings (SSSR count). The van der Waals surface area contributed by atoms with Crippen molar-refractivity contribution in [1.29, 1.82) is 0 Å². The zero-order chi connectivity index (χ0) is 14.5. The minimum absolute atomic E-state index is 0.360. The molecule has 1 atom stereocenters. The van der Waals surface area contributed by atoms with Crippen LogP contribution in [0.15, 0.2) is 42.5 Å². The van der Waals surface area contributed by atoms with Crippen molar-refractivity contribution in [3.63, 3.8) is 0 Å². The second kappa shape index (κ2) is 7.12. The lowest BCUT2D eigenvalue weighted by molar-refractivity contribution is 0.571. The molecule has 0 aliphatic rings. The second-order valence-corrected chi connectivity index (χ2v) is 5.68. The van der Waals surface area contributed by atoms with Gasteiger partial charge in [-0.3, -0.25) is 0 Å². The summed E-state index contributed by atoms with van der Waals surface area (Å²) < 4.78 is 0. The van der Waals surface area contributed by atoms with E-state index in [1.807, 2.05) is 12.1 Å². The van der Waals surface area contributed by atoms with Crippen molar-refractivity contribution < 1.29 is 0 Å². The third kappa shape index (κ3) is 3.54. The van der Waals surface area contributed by atoms with Crippen LogP contribution in [0.1, 0.15) is 31.9 Å². The van der Waals surface area contributed by atoms with E-state index in [2.05, 4.69) is 43.4 Å². The predicted octanol–water partition coefficient (Wildman–Crippen LogP) is 5.72. The summed E-state index contributed by atoms with van der Waals surface area (Å²) in [6.07, 6.45) is 1.14. The fourth-order valence-corrected chi connectivity index (χ4v) is 2.57. The average molecular weight is 308 g/mol. The van der Waals surface area contributed by atoms with Crippen molar-refractivity contribution >= 4 is 23.2 Å². The molecule has 0 radical (unpaired) electrons. The average Bonchev–Trinajstić information content (AvgIpc) is 2.48. The summed E-state index contributed by atoms with van der Waals surface area (Å²) in [6.45, 7) is 5.38. The summed E-state index contributed by atoms with van der Waals surface area (Å²) in [7, 11) is 0. The molecule has 0 amide bonds. The predicted molar refractivity (Wildman–Crippen MR) is 88.6 cm³/mol. The smallest absolute Gasteiger partial charge is 0.0670 e. The summed E-state index contributed by atoms with van der Waals surface area (Å²) in [6, 6.07) is 14.5. The molecule has 1 unspecified atom stereocenters. The Hall–Kier alpha value is -1.02. The van der Waals surface area contributed by atoms with Crippen molar-refractivity contribution in [2.24, 2.45) is 0 Å². The molecule has 2 aromatic carbocycles. The summed E-state index contributed by atoms with van der Waals surface area (Å²) >= 11 is 12.3. The topological polar surface area (TPSA) is 12.0 Å². The first-order chi connectivity index (χ1) is 9.63. The van der Waals surface area contributed by atoms with E-state index in [0.717, 1.165) is 24.1 Å². The Morgan fingerprint density at radius 1 is 1.05 bits per heavy atom. The van der Waals surface area contributed by atoms with Crippen LogP contribution in [-0.2, 0) is 0 Å². The lowest BCUT2D eigenvalue weighted by Gasteiger charge is -2.14. The fourth-order valence-electron chi connectivity index (χ4n) is 2.16. The van der Waals surface area contributed by atoms with Crippen LogP contribution in [0.3, 0.4) is 0 Å². The highest BCUT2D eigenvalue weighted by Gasteiger charge is 2.08. The van der Waals surface area contributed by atoms with E-state index >= 15 is 0 Å². The maximum atomic E-state index is 6.25. The van der Waals surface area contributed by atoms with Crippen LogP contribution < -0.4 is 5.32 Å². The van der Waals surface area contributed by atoms with E-state index in [4.69, 9.17) is 23.2 Å². The van der Waals surface area contributed by atoms with Gasteiger partial charge in [0.15, 0.2) is 0 Å². The molecule has 106 valence electrons.